The zero-order valence-corrected chi connectivity index (χ0v) is 24.4. The van der Waals surface area contributed by atoms with Crippen molar-refractivity contribution in [2.24, 2.45) is 0 Å². The summed E-state index contributed by atoms with van der Waals surface area (Å²) in [5, 5.41) is 5.52. The van der Waals surface area contributed by atoms with Gasteiger partial charge >= 0.3 is 11.8 Å². The molecule has 1 saturated heterocycles. The Morgan fingerprint density at radius 1 is 0.868 bits per heavy atom. The molecule has 1 aliphatic rings. The molecule has 3 aromatic carbocycles. The lowest BCUT2D eigenvalue weighted by atomic mass is 10.0. The highest BCUT2D eigenvalue weighted by atomic mass is 79.9. The Morgan fingerprint density at radius 2 is 1.55 bits per heavy atom. The van der Waals surface area contributed by atoms with Crippen LogP contribution < -0.4 is 10.6 Å². The second-order valence-electron chi connectivity index (χ2n) is 9.43. The van der Waals surface area contributed by atoms with Crippen LogP contribution in [-0.2, 0) is 22.7 Å². The molecule has 1 heterocycles. The van der Waals surface area contributed by atoms with E-state index in [2.05, 4.69) is 76.6 Å². The summed E-state index contributed by atoms with van der Waals surface area (Å²) >= 11 is 6.75. The molecule has 2 amide bonds. The average molecular weight is 646 g/mol. The normalized spacial score (nSPS) is 15.2. The maximum Gasteiger partial charge on any atom is 0.313 e. The zero-order chi connectivity index (χ0) is 27.1. The van der Waals surface area contributed by atoms with Crippen molar-refractivity contribution in [2.45, 2.75) is 32.5 Å². The van der Waals surface area contributed by atoms with Crippen LogP contribution in [0.2, 0.25) is 0 Å². The number of halogens is 3. The number of nitrogens with zero attached hydrogens (tertiary/aromatic N) is 2. The monoisotopic (exact) mass is 644 g/mol. The van der Waals surface area contributed by atoms with Crippen molar-refractivity contribution in [1.29, 1.82) is 0 Å². The number of benzene rings is 3. The molecule has 0 bridgehead atoms. The summed E-state index contributed by atoms with van der Waals surface area (Å²) in [6.45, 7) is 7.23. The Morgan fingerprint density at radius 3 is 2.21 bits per heavy atom. The van der Waals surface area contributed by atoms with Gasteiger partial charge in [-0.1, -0.05) is 75.2 Å². The quantitative estimate of drug-likeness (QED) is 0.301. The fourth-order valence-electron chi connectivity index (χ4n) is 4.59. The van der Waals surface area contributed by atoms with Crippen molar-refractivity contribution in [3.63, 3.8) is 0 Å². The molecule has 200 valence electrons. The Kier molecular flexibility index (Phi) is 10.1. The summed E-state index contributed by atoms with van der Waals surface area (Å²) in [4.78, 5) is 30.4. The molecule has 9 heteroatoms. The molecule has 2 N–H and O–H groups in total. The van der Waals surface area contributed by atoms with Crippen molar-refractivity contribution in [2.75, 3.05) is 31.5 Å². The van der Waals surface area contributed by atoms with Gasteiger partial charge in [0.1, 0.15) is 5.82 Å². The Hall–Kier alpha value is -2.59. The number of anilines is 1. The van der Waals surface area contributed by atoms with E-state index >= 15 is 0 Å². The van der Waals surface area contributed by atoms with Gasteiger partial charge in [-0.2, -0.15) is 0 Å². The highest BCUT2D eigenvalue weighted by Gasteiger charge is 2.22. The summed E-state index contributed by atoms with van der Waals surface area (Å²) in [5.41, 5.74) is 3.43. The van der Waals surface area contributed by atoms with Crippen molar-refractivity contribution in [3.8, 4) is 0 Å². The molecular weight excluding hydrogens is 615 g/mol. The zero-order valence-electron chi connectivity index (χ0n) is 21.2. The smallest absolute Gasteiger partial charge is 0.313 e. The highest BCUT2D eigenvalue weighted by Crippen LogP contribution is 2.25. The third kappa shape index (κ3) is 7.96. The summed E-state index contributed by atoms with van der Waals surface area (Å²) < 4.78 is 15.2. The van der Waals surface area contributed by atoms with E-state index in [1.807, 2.05) is 31.2 Å². The van der Waals surface area contributed by atoms with Crippen LogP contribution in [0.25, 0.3) is 0 Å². The lowest BCUT2D eigenvalue weighted by molar-refractivity contribution is -0.136. The third-order valence-corrected chi connectivity index (χ3v) is 7.59. The van der Waals surface area contributed by atoms with E-state index in [4.69, 9.17) is 0 Å². The predicted octanol–water partition coefficient (Wildman–Crippen LogP) is 5.87. The van der Waals surface area contributed by atoms with Gasteiger partial charge < -0.3 is 10.6 Å². The number of hydrogen-bond donors (Lipinski definition) is 2. The van der Waals surface area contributed by atoms with E-state index in [0.29, 0.717) is 28.7 Å². The maximum atomic E-state index is 13.9. The molecule has 38 heavy (non-hydrogen) atoms. The standard InChI is InChI=1S/C29H31Br2FN4O2/c1-2-26(22-14-24(31)16-25(32)15-22)33-28(37)29(38)34-27-17-23(30)9-8-21(27)19-36-12-10-35(11-13-36)18-20-6-4-3-5-7-20/h3-9,14-17,26H,2,10-13,18-19H2,1H3,(H,33,37)(H,34,38). The van der Waals surface area contributed by atoms with Gasteiger partial charge in [0, 0.05) is 53.9 Å². The SMILES string of the molecule is CCC(NC(=O)C(=O)Nc1cc(Br)ccc1CN1CCN(Cc2ccccc2)CC1)c1cc(F)cc(Br)c1. The van der Waals surface area contributed by atoms with Crippen LogP contribution >= 0.6 is 31.9 Å². The largest absolute Gasteiger partial charge is 0.341 e. The molecule has 1 atom stereocenters. The summed E-state index contributed by atoms with van der Waals surface area (Å²) in [6.07, 6.45) is 0.507. The van der Waals surface area contributed by atoms with E-state index in [1.165, 1.54) is 17.7 Å². The fraction of sp³-hybridized carbons (Fsp3) is 0.310. The predicted molar refractivity (Wildman–Crippen MR) is 155 cm³/mol. The van der Waals surface area contributed by atoms with Crippen LogP contribution in [-0.4, -0.2) is 47.8 Å². The first-order valence-corrected chi connectivity index (χ1v) is 14.2. The van der Waals surface area contributed by atoms with Crippen molar-refractivity contribution < 1.29 is 14.0 Å². The maximum absolute atomic E-state index is 13.9. The third-order valence-electron chi connectivity index (χ3n) is 6.64. The van der Waals surface area contributed by atoms with E-state index in [0.717, 1.165) is 42.8 Å². The van der Waals surface area contributed by atoms with Crippen LogP contribution in [0.3, 0.4) is 0 Å². The Balaban J connectivity index is 1.36. The molecule has 0 saturated carbocycles. The van der Waals surface area contributed by atoms with Crippen molar-refractivity contribution in [3.05, 3.63) is 98.2 Å². The minimum atomic E-state index is -0.766. The Bertz CT molecular complexity index is 1250. The molecular formula is C29H31Br2FN4O2. The van der Waals surface area contributed by atoms with Gasteiger partial charge in [0.05, 0.1) is 6.04 Å². The average Bonchev–Trinajstić information content (AvgIpc) is 2.89. The van der Waals surface area contributed by atoms with Crippen LogP contribution in [0.5, 0.6) is 0 Å². The second kappa shape index (κ2) is 13.5. The number of nitrogens with one attached hydrogen (secondary N) is 2. The van der Waals surface area contributed by atoms with Gasteiger partial charge in [0.25, 0.3) is 0 Å². The highest BCUT2D eigenvalue weighted by molar-refractivity contribution is 9.10. The first-order valence-electron chi connectivity index (χ1n) is 12.7. The molecule has 1 aliphatic heterocycles. The number of rotatable bonds is 8. The summed E-state index contributed by atoms with van der Waals surface area (Å²) in [5.74, 6) is -1.94. The van der Waals surface area contributed by atoms with Crippen molar-refractivity contribution in [1.82, 2.24) is 15.1 Å². The molecule has 3 aromatic rings. The molecule has 1 fully saturated rings. The van der Waals surface area contributed by atoms with Crippen LogP contribution in [0, 0.1) is 5.82 Å². The topological polar surface area (TPSA) is 64.7 Å². The van der Waals surface area contributed by atoms with Crippen molar-refractivity contribution >= 4 is 49.4 Å². The van der Waals surface area contributed by atoms with Gasteiger partial charge in [0.2, 0.25) is 0 Å². The molecule has 0 aliphatic carbocycles. The van der Waals surface area contributed by atoms with Crippen LogP contribution in [0.15, 0.2) is 75.7 Å². The summed E-state index contributed by atoms with van der Waals surface area (Å²) in [6, 6.07) is 20.1. The minimum Gasteiger partial charge on any atom is -0.341 e. The molecule has 6 nitrogen and oxygen atoms in total. The minimum absolute atomic E-state index is 0.411. The van der Waals surface area contributed by atoms with E-state index in [9.17, 15) is 14.0 Å². The second-order valence-corrected chi connectivity index (χ2v) is 11.3. The van der Waals surface area contributed by atoms with Gasteiger partial charge in [-0.25, -0.2) is 4.39 Å². The molecule has 4 rings (SSSR count). The van der Waals surface area contributed by atoms with E-state index in [-0.39, 0.29) is 0 Å². The fourth-order valence-corrected chi connectivity index (χ4v) is 5.44. The number of carbonyl (C=O) groups is 2. The van der Waals surface area contributed by atoms with Crippen LogP contribution in [0.1, 0.15) is 36.1 Å². The number of carbonyl (C=O) groups excluding carboxylic acids is 2. The number of amides is 2. The first-order chi connectivity index (χ1) is 18.3. The number of hydrogen-bond acceptors (Lipinski definition) is 4. The Labute approximate surface area is 239 Å². The lowest BCUT2D eigenvalue weighted by Gasteiger charge is -2.35. The van der Waals surface area contributed by atoms with Crippen LogP contribution in [0.4, 0.5) is 10.1 Å². The molecule has 1 unspecified atom stereocenters. The van der Waals surface area contributed by atoms with Gasteiger partial charge in [-0.15, -0.1) is 0 Å². The lowest BCUT2D eigenvalue weighted by Crippen LogP contribution is -2.45. The first kappa shape index (κ1) is 28.4. The molecule has 0 aromatic heterocycles. The van der Waals surface area contributed by atoms with Gasteiger partial charge in [0.15, 0.2) is 0 Å². The molecule has 0 radical (unpaired) electrons. The van der Waals surface area contributed by atoms with Gasteiger partial charge in [-0.3, -0.25) is 19.4 Å². The van der Waals surface area contributed by atoms with E-state index < -0.39 is 23.7 Å². The van der Waals surface area contributed by atoms with Gasteiger partial charge in [-0.05, 0) is 53.4 Å². The number of piperazine rings is 1. The molecule has 0 spiro atoms. The van der Waals surface area contributed by atoms with E-state index in [1.54, 1.807) is 6.07 Å². The summed E-state index contributed by atoms with van der Waals surface area (Å²) in [7, 11) is 0.